The van der Waals surface area contributed by atoms with E-state index in [9.17, 15) is 17.3 Å². The molecule has 0 amide bonds. The van der Waals surface area contributed by atoms with E-state index in [2.05, 4.69) is 40.1 Å². The molecule has 0 bridgehead atoms. The molecule has 33 heavy (non-hydrogen) atoms. The molecule has 0 saturated heterocycles. The van der Waals surface area contributed by atoms with E-state index in [1.807, 2.05) is 20.8 Å². The molecule has 1 aliphatic carbocycles. The highest BCUT2D eigenvalue weighted by atomic mass is 28.4. The van der Waals surface area contributed by atoms with Crippen molar-refractivity contribution < 1.29 is 35.1 Å². The molecule has 188 valence electrons. The summed E-state index contributed by atoms with van der Waals surface area (Å²) in [5.74, 6) is 0. The zero-order chi connectivity index (χ0) is 24.3. The molecule has 0 unspecified atom stereocenters. The first-order valence-electron chi connectivity index (χ1n) is 11.9. The van der Waals surface area contributed by atoms with Crippen LogP contribution in [0.25, 0.3) is 0 Å². The Morgan fingerprint density at radius 1 is 0.909 bits per heavy atom. The molecule has 0 atom stereocenters. The van der Waals surface area contributed by atoms with Crippen LogP contribution in [-0.2, 0) is 19.8 Å². The van der Waals surface area contributed by atoms with Crippen LogP contribution in [0.15, 0.2) is 24.3 Å². The zero-order valence-electron chi connectivity index (χ0n) is 20.0. The quantitative estimate of drug-likeness (QED) is 0.275. The van der Waals surface area contributed by atoms with Gasteiger partial charge in [0.1, 0.15) is 19.6 Å². The predicted octanol–water partition coefficient (Wildman–Crippen LogP) is 4.43. The van der Waals surface area contributed by atoms with Gasteiger partial charge in [0.15, 0.2) is 0 Å². The molecule has 1 aromatic carbocycles. The largest absolute Gasteiger partial charge is 0.673 e. The number of nitrogens with zero attached hydrogens (tertiary/aromatic N) is 2. The van der Waals surface area contributed by atoms with Crippen molar-refractivity contribution >= 4 is 27.6 Å². The molecule has 5 nitrogen and oxygen atoms in total. The summed E-state index contributed by atoms with van der Waals surface area (Å²) in [4.78, 5) is 2.45. The van der Waals surface area contributed by atoms with Crippen molar-refractivity contribution in [3.8, 4) is 0 Å². The highest BCUT2D eigenvalue weighted by molar-refractivity contribution is 6.75. The Balaban J connectivity index is 0.000000696. The topological polar surface area (TPSA) is 33.9 Å². The molecule has 0 N–H and O–H groups in total. The van der Waals surface area contributed by atoms with E-state index in [1.165, 1.54) is 37.7 Å². The number of rotatable bonds is 10. The van der Waals surface area contributed by atoms with E-state index in [0.29, 0.717) is 19.8 Å². The van der Waals surface area contributed by atoms with Crippen LogP contribution >= 0.6 is 0 Å². The summed E-state index contributed by atoms with van der Waals surface area (Å²) in [5.41, 5.74) is 1.32. The minimum atomic E-state index is -6.00. The lowest BCUT2D eigenvalue weighted by atomic mass is 9.95. The highest BCUT2D eigenvalue weighted by Gasteiger charge is 2.43. The normalized spacial score (nSPS) is 17.5. The fraction of sp³-hybridized carbons (Fsp3) is 0.682. The Morgan fingerprint density at radius 3 is 1.91 bits per heavy atom. The molecule has 1 fully saturated rings. The lowest BCUT2D eigenvalue weighted by molar-refractivity contribution is -0.557. The van der Waals surface area contributed by atoms with Gasteiger partial charge in [0, 0.05) is 25.0 Å². The smallest absolute Gasteiger partial charge is 0.418 e. The van der Waals surface area contributed by atoms with Gasteiger partial charge in [-0.25, -0.2) is 0 Å². The third-order valence-corrected chi connectivity index (χ3v) is 8.74. The molecule has 11 heteroatoms. The third kappa shape index (κ3) is 9.38. The van der Waals surface area contributed by atoms with Gasteiger partial charge in [0.2, 0.25) is 6.34 Å². The van der Waals surface area contributed by atoms with Crippen LogP contribution in [0.3, 0.4) is 0 Å². The van der Waals surface area contributed by atoms with Crippen molar-refractivity contribution in [2.45, 2.75) is 65.5 Å². The van der Waals surface area contributed by atoms with Crippen molar-refractivity contribution in [2.24, 2.45) is 0 Å². The molecule has 1 heterocycles. The lowest BCUT2D eigenvalue weighted by Crippen LogP contribution is -2.56. The van der Waals surface area contributed by atoms with Crippen LogP contribution in [0.2, 0.25) is 0 Å². The SMILES string of the molecule is CCO[Si](OCC)(OCC)c1ccc(CN2C=[N+](C3CCCCC3)CC2)cc1.F[B-](F)(F)F. The van der Waals surface area contributed by atoms with Gasteiger partial charge in [0.05, 0.1) is 6.04 Å². The molecular weight excluding hydrogens is 455 g/mol. The Bertz CT molecular complexity index is 708. The van der Waals surface area contributed by atoms with E-state index < -0.39 is 16.1 Å². The number of benzene rings is 1. The maximum absolute atomic E-state index is 9.75. The van der Waals surface area contributed by atoms with E-state index in [4.69, 9.17) is 13.3 Å². The maximum Gasteiger partial charge on any atom is 0.673 e. The van der Waals surface area contributed by atoms with Crippen molar-refractivity contribution in [1.82, 2.24) is 4.90 Å². The Morgan fingerprint density at radius 2 is 1.42 bits per heavy atom. The van der Waals surface area contributed by atoms with E-state index in [0.717, 1.165) is 30.9 Å². The molecule has 1 saturated carbocycles. The Labute approximate surface area is 196 Å². The first-order chi connectivity index (χ1) is 15.7. The van der Waals surface area contributed by atoms with Crippen LogP contribution in [0.4, 0.5) is 17.3 Å². The molecule has 0 radical (unpaired) electrons. The van der Waals surface area contributed by atoms with Crippen LogP contribution in [0.5, 0.6) is 0 Å². The molecular formula is C22H37BF4N2O3Si. The van der Waals surface area contributed by atoms with Gasteiger partial charge >= 0.3 is 16.1 Å². The molecule has 2 aliphatic rings. The van der Waals surface area contributed by atoms with Gasteiger partial charge in [-0.05, 0) is 52.0 Å². The summed E-state index contributed by atoms with van der Waals surface area (Å²) in [5, 5.41) is 1.05. The summed E-state index contributed by atoms with van der Waals surface area (Å²) < 4.78 is 59.6. The van der Waals surface area contributed by atoms with Gasteiger partial charge in [-0.3, -0.25) is 9.48 Å². The van der Waals surface area contributed by atoms with Crippen LogP contribution in [0.1, 0.15) is 58.4 Å². The zero-order valence-corrected chi connectivity index (χ0v) is 21.0. The summed E-state index contributed by atoms with van der Waals surface area (Å²) in [7, 11) is -8.80. The van der Waals surface area contributed by atoms with Crippen LogP contribution in [0, 0.1) is 0 Å². The molecule has 0 aromatic heterocycles. The van der Waals surface area contributed by atoms with Gasteiger partial charge < -0.3 is 30.5 Å². The summed E-state index contributed by atoms with van der Waals surface area (Å²) in [6.07, 6.45) is 9.28. The molecule has 0 spiro atoms. The fourth-order valence-corrected chi connectivity index (χ4v) is 6.84. The van der Waals surface area contributed by atoms with Gasteiger partial charge in [-0.2, -0.15) is 0 Å². The lowest BCUT2D eigenvalue weighted by Gasteiger charge is -2.28. The first-order valence-corrected chi connectivity index (χ1v) is 13.7. The Hall–Kier alpha value is -1.43. The van der Waals surface area contributed by atoms with Gasteiger partial charge in [0.25, 0.3) is 0 Å². The molecule has 1 aromatic rings. The molecule has 1 aliphatic heterocycles. The minimum Gasteiger partial charge on any atom is -0.418 e. The monoisotopic (exact) mass is 492 g/mol. The van der Waals surface area contributed by atoms with E-state index >= 15 is 0 Å². The third-order valence-electron chi connectivity index (χ3n) is 5.70. The van der Waals surface area contributed by atoms with E-state index in [-0.39, 0.29) is 0 Å². The van der Waals surface area contributed by atoms with E-state index in [1.54, 1.807) is 0 Å². The number of halogens is 4. The standard InChI is InChI=1S/C22H37N2O3Si.BF4/c1-4-25-28(26-5-2,27-6-3)22-14-12-20(13-15-22)18-23-16-17-24(19-23)21-10-8-7-9-11-21;2-1(3,4)5/h12-15,19,21H,4-11,16-18H2,1-3H3;/q+1;-1. The summed E-state index contributed by atoms with van der Waals surface area (Å²) >= 11 is 0. The van der Waals surface area contributed by atoms with Crippen molar-refractivity contribution in [3.05, 3.63) is 29.8 Å². The van der Waals surface area contributed by atoms with Crippen molar-refractivity contribution in [2.75, 3.05) is 32.9 Å². The second-order valence-electron chi connectivity index (χ2n) is 8.16. The number of hydrogen-bond donors (Lipinski definition) is 0. The second-order valence-corrected chi connectivity index (χ2v) is 10.7. The van der Waals surface area contributed by atoms with Crippen molar-refractivity contribution in [1.29, 1.82) is 0 Å². The average Bonchev–Trinajstić information content (AvgIpc) is 3.23. The minimum absolute atomic E-state index is 0.591. The van der Waals surface area contributed by atoms with Crippen molar-refractivity contribution in [3.63, 3.8) is 0 Å². The van der Waals surface area contributed by atoms with Gasteiger partial charge in [-0.1, -0.05) is 30.7 Å². The number of hydrogen-bond acceptors (Lipinski definition) is 4. The summed E-state index contributed by atoms with van der Waals surface area (Å²) in [6, 6.07) is 9.43. The maximum atomic E-state index is 9.75. The Kier molecular flexibility index (Phi) is 11.3. The predicted molar refractivity (Wildman–Crippen MR) is 125 cm³/mol. The molecule has 3 rings (SSSR count). The van der Waals surface area contributed by atoms with Gasteiger partial charge in [-0.15, -0.1) is 0 Å². The highest BCUT2D eigenvalue weighted by Crippen LogP contribution is 2.21. The summed E-state index contributed by atoms with van der Waals surface area (Å²) in [6.45, 7) is 11.0. The van der Waals surface area contributed by atoms with Crippen LogP contribution < -0.4 is 5.19 Å². The average molecular weight is 492 g/mol. The fourth-order valence-electron chi connectivity index (χ4n) is 4.37. The first kappa shape index (κ1) is 27.8. The second kappa shape index (κ2) is 13.5. The van der Waals surface area contributed by atoms with Crippen LogP contribution in [-0.4, -0.2) is 70.8 Å².